The van der Waals surface area contributed by atoms with Crippen LogP contribution < -0.4 is 10.3 Å². The molecule has 3 aromatic rings. The number of Topliss-reactive ketones (excluding diaryl/α,β-unsaturated/α-hetero) is 1. The molecule has 8 heteroatoms. The highest BCUT2D eigenvalue weighted by molar-refractivity contribution is 5.99. The van der Waals surface area contributed by atoms with E-state index in [1.165, 1.54) is 36.1 Å². The molecule has 5 aliphatic rings. The molecule has 2 aromatic heterocycles. The van der Waals surface area contributed by atoms with Crippen molar-refractivity contribution in [1.29, 1.82) is 0 Å². The summed E-state index contributed by atoms with van der Waals surface area (Å²) in [4.78, 5) is 33.9. The molecule has 4 saturated carbocycles. The summed E-state index contributed by atoms with van der Waals surface area (Å²) in [6, 6.07) is 6.43. The third-order valence-electron chi connectivity index (χ3n) is 9.46. The number of fused-ring (bicyclic) bond motifs is 1. The molecule has 1 saturated heterocycles. The molecule has 0 spiro atoms. The molecule has 0 unspecified atom stereocenters. The number of nitrogens with zero attached hydrogens (tertiary/aromatic N) is 3. The maximum Gasteiger partial charge on any atom is 0.201 e. The minimum absolute atomic E-state index is 0.00491. The monoisotopic (exact) mass is 521 g/mol. The number of alkyl halides is 1. The van der Waals surface area contributed by atoms with Gasteiger partial charge in [-0.3, -0.25) is 14.2 Å². The zero-order chi connectivity index (χ0) is 26.2. The molecule has 0 radical (unpaired) electrons. The van der Waals surface area contributed by atoms with E-state index in [9.17, 15) is 18.4 Å². The van der Waals surface area contributed by atoms with E-state index in [-0.39, 0.29) is 40.0 Å². The van der Waals surface area contributed by atoms with Crippen LogP contribution in [0.15, 0.2) is 41.3 Å². The van der Waals surface area contributed by atoms with E-state index in [1.54, 1.807) is 17.0 Å². The topological polar surface area (TPSA) is 55.2 Å². The van der Waals surface area contributed by atoms with Crippen LogP contribution in [0.2, 0.25) is 0 Å². The van der Waals surface area contributed by atoms with Gasteiger partial charge in [0.15, 0.2) is 11.4 Å². The summed E-state index contributed by atoms with van der Waals surface area (Å²) in [5.41, 5.74) is -0.324. The molecule has 5 fully saturated rings. The lowest BCUT2D eigenvalue weighted by atomic mass is 9.48. The first-order valence-electron chi connectivity index (χ1n) is 13.7. The summed E-state index contributed by atoms with van der Waals surface area (Å²) < 4.78 is 44.0. The number of hydrogen-bond acceptors (Lipinski definition) is 4. The summed E-state index contributed by atoms with van der Waals surface area (Å²) in [6.45, 7) is 0.672. The van der Waals surface area contributed by atoms with Crippen molar-refractivity contribution < 1.29 is 18.0 Å². The molecule has 0 amide bonds. The second-order valence-electron chi connectivity index (χ2n) is 12.2. The van der Waals surface area contributed by atoms with E-state index in [0.717, 1.165) is 31.4 Å². The minimum Gasteiger partial charge on any atom is -0.354 e. The van der Waals surface area contributed by atoms with Crippen LogP contribution in [-0.4, -0.2) is 34.6 Å². The van der Waals surface area contributed by atoms with Crippen molar-refractivity contribution in [2.75, 3.05) is 18.0 Å². The molecule has 198 valence electrons. The van der Waals surface area contributed by atoms with E-state index < -0.39 is 23.2 Å². The van der Waals surface area contributed by atoms with Crippen molar-refractivity contribution in [1.82, 2.24) is 9.55 Å². The number of anilines is 1. The number of carbonyl (C=O) groups is 1. The van der Waals surface area contributed by atoms with Gasteiger partial charge in [0.05, 0.1) is 23.2 Å². The van der Waals surface area contributed by atoms with Crippen LogP contribution in [0, 0.1) is 34.8 Å². The molecule has 4 aliphatic carbocycles. The van der Waals surface area contributed by atoms with Gasteiger partial charge < -0.3 is 4.90 Å². The number of carbonyl (C=O) groups excluding carboxylic acids is 1. The van der Waals surface area contributed by atoms with Crippen molar-refractivity contribution in [3.05, 3.63) is 63.9 Å². The Kier molecular flexibility index (Phi) is 5.46. The van der Waals surface area contributed by atoms with E-state index in [0.29, 0.717) is 43.0 Å². The lowest BCUT2D eigenvalue weighted by Crippen LogP contribution is -2.47. The first kappa shape index (κ1) is 23.9. The highest BCUT2D eigenvalue weighted by atomic mass is 19.1. The van der Waals surface area contributed by atoms with Crippen LogP contribution in [0.3, 0.4) is 0 Å². The Morgan fingerprint density at radius 2 is 1.74 bits per heavy atom. The Morgan fingerprint density at radius 3 is 2.37 bits per heavy atom. The average molecular weight is 522 g/mol. The fourth-order valence-electron chi connectivity index (χ4n) is 8.30. The SMILES string of the molecule is O=C(CC12CC3CC(CC(C3)C1)C2)c1cn(-c2ccc(F)cc2F)c2nc(N3CC[C@H](F)C3)ccc2c1=O. The van der Waals surface area contributed by atoms with Crippen molar-refractivity contribution in [3.8, 4) is 5.69 Å². The molecule has 0 N–H and O–H groups in total. The predicted octanol–water partition coefficient (Wildman–Crippen LogP) is 6.00. The van der Waals surface area contributed by atoms with Crippen molar-refractivity contribution >= 4 is 22.6 Å². The van der Waals surface area contributed by atoms with E-state index in [2.05, 4.69) is 4.98 Å². The Labute approximate surface area is 218 Å². The van der Waals surface area contributed by atoms with Gasteiger partial charge in [-0.05, 0) is 92.4 Å². The molecular formula is C30H30F3N3O2. The fraction of sp³-hybridized carbons (Fsp3) is 0.500. The first-order chi connectivity index (χ1) is 18.3. The largest absolute Gasteiger partial charge is 0.354 e. The normalized spacial score (nSPS) is 29.9. The van der Waals surface area contributed by atoms with Gasteiger partial charge in [0.25, 0.3) is 0 Å². The highest BCUT2D eigenvalue weighted by Crippen LogP contribution is 2.61. The summed E-state index contributed by atoms with van der Waals surface area (Å²) in [6.07, 6.45) is 8.00. The number of aromatic nitrogens is 2. The van der Waals surface area contributed by atoms with Crippen LogP contribution in [0.1, 0.15) is 61.7 Å². The summed E-state index contributed by atoms with van der Waals surface area (Å²) >= 11 is 0. The summed E-state index contributed by atoms with van der Waals surface area (Å²) in [7, 11) is 0. The third kappa shape index (κ3) is 3.95. The number of rotatable bonds is 5. The smallest absolute Gasteiger partial charge is 0.201 e. The molecule has 1 aromatic carbocycles. The maximum absolute atomic E-state index is 15.0. The highest BCUT2D eigenvalue weighted by Gasteiger charge is 2.51. The Hall–Kier alpha value is -3.16. The zero-order valence-corrected chi connectivity index (χ0v) is 21.1. The Bertz CT molecular complexity index is 1480. The van der Waals surface area contributed by atoms with Crippen molar-refractivity contribution in [2.45, 2.75) is 57.5 Å². The number of ketones is 1. The molecule has 5 nitrogen and oxygen atoms in total. The van der Waals surface area contributed by atoms with E-state index >= 15 is 4.39 Å². The predicted molar refractivity (Wildman–Crippen MR) is 139 cm³/mol. The number of halogens is 3. The van der Waals surface area contributed by atoms with Crippen LogP contribution >= 0.6 is 0 Å². The molecule has 1 atom stereocenters. The lowest BCUT2D eigenvalue weighted by Gasteiger charge is -2.56. The Balaban J connectivity index is 1.33. The summed E-state index contributed by atoms with van der Waals surface area (Å²) in [5.74, 6) is 0.717. The second-order valence-corrected chi connectivity index (χ2v) is 12.2. The van der Waals surface area contributed by atoms with E-state index in [1.807, 2.05) is 0 Å². The quantitative estimate of drug-likeness (QED) is 0.387. The van der Waals surface area contributed by atoms with Gasteiger partial charge in [-0.2, -0.15) is 0 Å². The van der Waals surface area contributed by atoms with Crippen molar-refractivity contribution in [3.63, 3.8) is 0 Å². The van der Waals surface area contributed by atoms with Crippen molar-refractivity contribution in [2.24, 2.45) is 23.2 Å². The van der Waals surface area contributed by atoms with Crippen LogP contribution in [0.25, 0.3) is 16.7 Å². The van der Waals surface area contributed by atoms with Gasteiger partial charge in [0, 0.05) is 25.2 Å². The second kappa shape index (κ2) is 8.68. The third-order valence-corrected chi connectivity index (χ3v) is 9.46. The fourth-order valence-corrected chi connectivity index (χ4v) is 8.30. The van der Waals surface area contributed by atoms with Gasteiger partial charge in [-0.1, -0.05) is 0 Å². The molecule has 8 rings (SSSR count). The Morgan fingerprint density at radius 1 is 1.03 bits per heavy atom. The number of hydrogen-bond donors (Lipinski definition) is 0. The first-order valence-corrected chi connectivity index (χ1v) is 13.7. The van der Waals surface area contributed by atoms with Gasteiger partial charge >= 0.3 is 0 Å². The molecule has 3 heterocycles. The zero-order valence-electron chi connectivity index (χ0n) is 21.1. The van der Waals surface area contributed by atoms with Gasteiger partial charge in [0.1, 0.15) is 23.6 Å². The molecular weight excluding hydrogens is 491 g/mol. The van der Waals surface area contributed by atoms with E-state index in [4.69, 9.17) is 0 Å². The van der Waals surface area contributed by atoms with Crippen LogP contribution in [0.5, 0.6) is 0 Å². The standard InChI is InChI=1S/C30H30F3N3O2/c31-20-1-3-25(24(33)10-20)36-16-23(26(37)14-30-11-17-7-18(12-30)9-19(8-17)13-30)28(38)22-2-4-27(34-29(22)36)35-6-5-21(32)15-35/h1-4,10,16-19,21H,5-9,11-15H2/t17?,18?,19?,21-,30?/m0/s1. The lowest BCUT2D eigenvalue weighted by molar-refractivity contribution is -0.0524. The molecule has 1 aliphatic heterocycles. The summed E-state index contributed by atoms with van der Waals surface area (Å²) in [5, 5.41) is 0.185. The minimum atomic E-state index is -0.964. The number of benzene rings is 1. The maximum atomic E-state index is 15.0. The molecule has 38 heavy (non-hydrogen) atoms. The van der Waals surface area contributed by atoms with Gasteiger partial charge in [0.2, 0.25) is 5.43 Å². The molecule has 4 bridgehead atoms. The van der Waals surface area contributed by atoms with Crippen LogP contribution in [-0.2, 0) is 0 Å². The average Bonchev–Trinajstić information content (AvgIpc) is 3.29. The van der Waals surface area contributed by atoms with Gasteiger partial charge in [-0.15, -0.1) is 0 Å². The van der Waals surface area contributed by atoms with Gasteiger partial charge in [-0.25, -0.2) is 18.2 Å². The number of pyridine rings is 2. The van der Waals surface area contributed by atoms with Crippen LogP contribution in [0.4, 0.5) is 19.0 Å².